The minimum Gasteiger partial charge on any atom is -0.336 e. The number of carbonyl (C=O) groups is 1. The van der Waals surface area contributed by atoms with E-state index in [2.05, 4.69) is 17.3 Å². The van der Waals surface area contributed by atoms with Gasteiger partial charge in [0.25, 0.3) is 5.91 Å². The summed E-state index contributed by atoms with van der Waals surface area (Å²) in [5.41, 5.74) is 3.11. The van der Waals surface area contributed by atoms with E-state index in [0.29, 0.717) is 17.4 Å². The minimum atomic E-state index is 0.0725. The van der Waals surface area contributed by atoms with E-state index >= 15 is 0 Å². The second-order valence-corrected chi connectivity index (χ2v) is 4.77. The van der Waals surface area contributed by atoms with Crippen LogP contribution in [0.1, 0.15) is 43.0 Å². The van der Waals surface area contributed by atoms with E-state index in [-0.39, 0.29) is 5.91 Å². The Bertz CT molecular complexity index is 421. The number of hydrogen-bond donors (Lipinski definition) is 2. The first-order chi connectivity index (χ1) is 8.72. The molecule has 1 aromatic rings. The van der Waals surface area contributed by atoms with Crippen LogP contribution in [0.15, 0.2) is 18.3 Å². The molecule has 1 saturated heterocycles. The van der Waals surface area contributed by atoms with Gasteiger partial charge in [0, 0.05) is 24.3 Å². The van der Waals surface area contributed by atoms with Crippen LogP contribution in [-0.4, -0.2) is 28.4 Å². The van der Waals surface area contributed by atoms with Crippen LogP contribution >= 0.6 is 0 Å². The summed E-state index contributed by atoms with van der Waals surface area (Å²) in [5.74, 6) is 5.90. The fourth-order valence-electron chi connectivity index (χ4n) is 2.38. The van der Waals surface area contributed by atoms with E-state index in [1.54, 1.807) is 18.3 Å². The van der Waals surface area contributed by atoms with Crippen molar-refractivity contribution in [1.82, 2.24) is 9.88 Å². The van der Waals surface area contributed by atoms with Gasteiger partial charge in [-0.05, 0) is 31.9 Å². The van der Waals surface area contributed by atoms with E-state index in [9.17, 15) is 4.79 Å². The van der Waals surface area contributed by atoms with Gasteiger partial charge in [-0.25, -0.2) is 10.8 Å². The monoisotopic (exact) mass is 248 g/mol. The highest BCUT2D eigenvalue weighted by Gasteiger charge is 2.23. The highest BCUT2D eigenvalue weighted by Crippen LogP contribution is 2.19. The molecule has 2 rings (SSSR count). The smallest absolute Gasteiger partial charge is 0.254 e. The molecule has 1 unspecified atom stereocenters. The first-order valence-corrected chi connectivity index (χ1v) is 6.46. The molecule has 1 aliphatic heterocycles. The summed E-state index contributed by atoms with van der Waals surface area (Å²) in [6, 6.07) is 3.74. The maximum absolute atomic E-state index is 12.5. The maximum atomic E-state index is 12.5. The minimum absolute atomic E-state index is 0.0725. The Labute approximate surface area is 107 Å². The molecule has 0 bridgehead atoms. The van der Waals surface area contributed by atoms with Gasteiger partial charge in [0.05, 0.1) is 0 Å². The van der Waals surface area contributed by atoms with E-state index in [4.69, 9.17) is 5.84 Å². The van der Waals surface area contributed by atoms with E-state index in [1.807, 2.05) is 4.90 Å². The van der Waals surface area contributed by atoms with Gasteiger partial charge in [-0.1, -0.05) is 12.8 Å². The molecule has 1 atom stereocenters. The van der Waals surface area contributed by atoms with Crippen molar-refractivity contribution < 1.29 is 4.79 Å². The highest BCUT2D eigenvalue weighted by atomic mass is 16.2. The molecule has 0 aliphatic carbocycles. The number of rotatable bonds is 2. The zero-order valence-corrected chi connectivity index (χ0v) is 10.7. The Morgan fingerprint density at radius 1 is 1.50 bits per heavy atom. The third-order valence-corrected chi connectivity index (χ3v) is 3.47. The molecular weight excluding hydrogens is 228 g/mol. The van der Waals surface area contributed by atoms with Crippen molar-refractivity contribution in [3.63, 3.8) is 0 Å². The molecule has 1 amide bonds. The molecule has 5 nitrogen and oxygen atoms in total. The first-order valence-electron chi connectivity index (χ1n) is 6.46. The lowest BCUT2D eigenvalue weighted by atomic mass is 10.1. The predicted molar refractivity (Wildman–Crippen MR) is 71.0 cm³/mol. The number of pyridine rings is 1. The Balaban J connectivity index is 2.18. The van der Waals surface area contributed by atoms with Crippen LogP contribution in [-0.2, 0) is 0 Å². The Morgan fingerprint density at radius 3 is 3.11 bits per heavy atom. The van der Waals surface area contributed by atoms with Gasteiger partial charge in [0.1, 0.15) is 5.82 Å². The summed E-state index contributed by atoms with van der Waals surface area (Å²) < 4.78 is 0. The van der Waals surface area contributed by atoms with Gasteiger partial charge in [-0.15, -0.1) is 0 Å². The number of carbonyl (C=O) groups excluding carboxylic acids is 1. The summed E-state index contributed by atoms with van der Waals surface area (Å²) in [5, 5.41) is 0. The number of hydrazine groups is 1. The standard InChI is InChI=1S/C13H20N4O/c1-10-5-3-2-4-8-17(10)13(18)11-6-7-15-12(9-11)16-14/h6-7,9-10H,2-5,8,14H2,1H3,(H,15,16). The van der Waals surface area contributed by atoms with Crippen molar-refractivity contribution in [1.29, 1.82) is 0 Å². The van der Waals surface area contributed by atoms with Crippen LogP contribution in [0.4, 0.5) is 5.82 Å². The van der Waals surface area contributed by atoms with E-state index in [0.717, 1.165) is 19.4 Å². The van der Waals surface area contributed by atoms with Crippen LogP contribution in [0.3, 0.4) is 0 Å². The molecule has 2 heterocycles. The van der Waals surface area contributed by atoms with Crippen LogP contribution in [0, 0.1) is 0 Å². The van der Waals surface area contributed by atoms with Crippen LogP contribution < -0.4 is 11.3 Å². The zero-order valence-electron chi connectivity index (χ0n) is 10.7. The van der Waals surface area contributed by atoms with Crippen molar-refractivity contribution in [2.45, 2.75) is 38.6 Å². The second kappa shape index (κ2) is 5.82. The number of nitrogens with zero attached hydrogens (tertiary/aromatic N) is 2. The van der Waals surface area contributed by atoms with Crippen LogP contribution in [0.2, 0.25) is 0 Å². The molecule has 18 heavy (non-hydrogen) atoms. The summed E-state index contributed by atoms with van der Waals surface area (Å²) in [4.78, 5) is 18.4. The highest BCUT2D eigenvalue weighted by molar-refractivity contribution is 5.95. The predicted octanol–water partition coefficient (Wildman–Crippen LogP) is 1.77. The van der Waals surface area contributed by atoms with Gasteiger partial charge >= 0.3 is 0 Å². The molecule has 5 heteroatoms. The van der Waals surface area contributed by atoms with Crippen LogP contribution in [0.5, 0.6) is 0 Å². The number of likely N-dealkylation sites (tertiary alicyclic amines) is 1. The normalized spacial score (nSPS) is 20.3. The van der Waals surface area contributed by atoms with Gasteiger partial charge in [-0.3, -0.25) is 4.79 Å². The number of nitrogens with one attached hydrogen (secondary N) is 1. The first kappa shape index (κ1) is 12.8. The number of nitrogen functional groups attached to an aromatic ring is 1. The summed E-state index contributed by atoms with van der Waals surface area (Å²) in [7, 11) is 0. The topological polar surface area (TPSA) is 71.2 Å². The zero-order chi connectivity index (χ0) is 13.0. The lowest BCUT2D eigenvalue weighted by Gasteiger charge is -2.27. The summed E-state index contributed by atoms with van der Waals surface area (Å²) in [6.45, 7) is 2.96. The van der Waals surface area contributed by atoms with Crippen molar-refractivity contribution in [3.8, 4) is 0 Å². The Morgan fingerprint density at radius 2 is 2.33 bits per heavy atom. The lowest BCUT2D eigenvalue weighted by Crippen LogP contribution is -2.38. The molecule has 0 spiro atoms. The SMILES string of the molecule is CC1CCCCCN1C(=O)c1ccnc(NN)c1. The molecule has 0 radical (unpaired) electrons. The van der Waals surface area contributed by atoms with Crippen molar-refractivity contribution in [2.24, 2.45) is 5.84 Å². The lowest BCUT2D eigenvalue weighted by molar-refractivity contribution is 0.0698. The van der Waals surface area contributed by atoms with E-state index < -0.39 is 0 Å². The number of hydrogen-bond acceptors (Lipinski definition) is 4. The third-order valence-electron chi connectivity index (χ3n) is 3.47. The second-order valence-electron chi connectivity index (χ2n) is 4.77. The van der Waals surface area contributed by atoms with Crippen molar-refractivity contribution >= 4 is 11.7 Å². The molecule has 3 N–H and O–H groups in total. The Kier molecular flexibility index (Phi) is 4.15. The molecule has 0 aromatic carbocycles. The summed E-state index contributed by atoms with van der Waals surface area (Å²) in [6.07, 6.45) is 6.18. The average molecular weight is 248 g/mol. The molecule has 1 aromatic heterocycles. The number of aromatic nitrogens is 1. The van der Waals surface area contributed by atoms with Gasteiger partial charge < -0.3 is 10.3 Å². The third kappa shape index (κ3) is 2.79. The molecule has 1 aliphatic rings. The van der Waals surface area contributed by atoms with Gasteiger partial charge in [0.2, 0.25) is 0 Å². The molecular formula is C13H20N4O. The largest absolute Gasteiger partial charge is 0.336 e. The molecule has 98 valence electrons. The van der Waals surface area contributed by atoms with Gasteiger partial charge in [0.15, 0.2) is 0 Å². The fraction of sp³-hybridized carbons (Fsp3) is 0.538. The van der Waals surface area contributed by atoms with Crippen molar-refractivity contribution in [2.75, 3.05) is 12.0 Å². The fourth-order valence-corrected chi connectivity index (χ4v) is 2.38. The maximum Gasteiger partial charge on any atom is 0.254 e. The molecule has 1 fully saturated rings. The number of nitrogens with two attached hydrogens (primary N) is 1. The Hall–Kier alpha value is -1.62. The van der Waals surface area contributed by atoms with Crippen LogP contribution in [0.25, 0.3) is 0 Å². The number of amides is 1. The molecule has 0 saturated carbocycles. The van der Waals surface area contributed by atoms with Crippen molar-refractivity contribution in [3.05, 3.63) is 23.9 Å². The quantitative estimate of drug-likeness (QED) is 0.618. The summed E-state index contributed by atoms with van der Waals surface area (Å²) >= 11 is 0. The average Bonchev–Trinajstić information content (AvgIpc) is 2.62. The number of anilines is 1. The van der Waals surface area contributed by atoms with Gasteiger partial charge in [-0.2, -0.15) is 0 Å². The van der Waals surface area contributed by atoms with E-state index in [1.165, 1.54) is 12.8 Å².